The molecule has 218 valence electrons. The smallest absolute Gasteiger partial charge is 0.346 e. The molecule has 1 amide bonds. The zero-order chi connectivity index (χ0) is 28.6. The monoisotopic (exact) mass is 655 g/mol. The highest BCUT2D eigenvalue weighted by atomic mass is 35.5. The fourth-order valence-corrected chi connectivity index (χ4v) is 8.31. The summed E-state index contributed by atoms with van der Waals surface area (Å²) in [6.07, 6.45) is 0. The maximum atomic E-state index is 14.0. The molecule has 0 radical (unpaired) electrons. The van der Waals surface area contributed by atoms with Gasteiger partial charge in [-0.2, -0.15) is 0 Å². The van der Waals surface area contributed by atoms with Crippen molar-refractivity contribution in [3.8, 4) is 0 Å². The van der Waals surface area contributed by atoms with Crippen LogP contribution in [-0.4, -0.2) is 105 Å². The minimum atomic E-state index is -3.72. The summed E-state index contributed by atoms with van der Waals surface area (Å²) in [5.74, 6) is -1.12. The molecule has 0 aliphatic heterocycles. The molecule has 0 fully saturated rings. The van der Waals surface area contributed by atoms with E-state index < -0.39 is 35.1 Å². The van der Waals surface area contributed by atoms with Gasteiger partial charge in [0.25, 0.3) is 5.91 Å². The Bertz CT molecular complexity index is 987. The molecule has 0 aliphatic rings. The van der Waals surface area contributed by atoms with Crippen molar-refractivity contribution in [2.75, 3.05) is 75.2 Å². The lowest BCUT2D eigenvalue weighted by Crippen LogP contribution is -2.38. The van der Waals surface area contributed by atoms with E-state index in [2.05, 4.69) is 5.32 Å². The van der Waals surface area contributed by atoms with Crippen molar-refractivity contribution >= 4 is 75.8 Å². The van der Waals surface area contributed by atoms with E-state index in [4.69, 9.17) is 55.7 Å². The van der Waals surface area contributed by atoms with Gasteiger partial charge in [-0.25, -0.2) is 17.8 Å². The standard InChI is InChI=1S/C22H34Cl4N3O7PS/c1-2-35-21(30)17-27-22(31)20-5-3-19(4-6-20)18-38(33,34)16-15-36-37(32,28(11-7-23)12-8-24)29(13-9-25)14-10-26/h3-6H,2,7-18H2,1H3,(H,27,31). The third kappa shape index (κ3) is 12.3. The second kappa shape index (κ2) is 18.7. The van der Waals surface area contributed by atoms with Crippen molar-refractivity contribution in [2.45, 2.75) is 12.7 Å². The van der Waals surface area contributed by atoms with Gasteiger partial charge in [0.05, 0.1) is 24.7 Å². The number of rotatable bonds is 20. The van der Waals surface area contributed by atoms with Gasteiger partial charge in [0.1, 0.15) is 6.54 Å². The molecule has 0 spiro atoms. The number of alkyl halides is 4. The first-order valence-corrected chi connectivity index (χ1v) is 17.3. The van der Waals surface area contributed by atoms with Gasteiger partial charge >= 0.3 is 13.6 Å². The van der Waals surface area contributed by atoms with Crippen molar-refractivity contribution in [1.82, 2.24) is 14.7 Å². The Morgan fingerprint density at radius 2 is 1.42 bits per heavy atom. The predicted molar refractivity (Wildman–Crippen MR) is 152 cm³/mol. The highest BCUT2D eigenvalue weighted by molar-refractivity contribution is 7.90. The van der Waals surface area contributed by atoms with Crippen molar-refractivity contribution in [3.05, 3.63) is 35.4 Å². The van der Waals surface area contributed by atoms with Crippen LogP contribution in [0.4, 0.5) is 0 Å². The predicted octanol–water partition coefficient (Wildman–Crippen LogP) is 3.58. The first-order valence-electron chi connectivity index (χ1n) is 11.8. The lowest BCUT2D eigenvalue weighted by molar-refractivity contribution is -0.141. The number of sulfone groups is 1. The molecule has 0 unspecified atom stereocenters. The second-order valence-electron chi connectivity index (χ2n) is 7.76. The Hall–Kier alpha value is -0.620. The van der Waals surface area contributed by atoms with E-state index in [0.717, 1.165) is 0 Å². The Balaban J connectivity index is 2.86. The quantitative estimate of drug-likeness (QED) is 0.127. The number of halogens is 4. The lowest BCUT2D eigenvalue weighted by atomic mass is 10.1. The molecule has 0 aromatic heterocycles. The summed E-state index contributed by atoms with van der Waals surface area (Å²) >= 11 is 23.6. The molecule has 1 rings (SSSR count). The number of hydrogen-bond donors (Lipinski definition) is 1. The van der Waals surface area contributed by atoms with Gasteiger partial charge in [0.15, 0.2) is 9.84 Å². The molecule has 0 aliphatic carbocycles. The summed E-state index contributed by atoms with van der Waals surface area (Å²) in [7, 11) is -7.39. The molecule has 1 aromatic rings. The zero-order valence-electron chi connectivity index (χ0n) is 21.1. The average Bonchev–Trinajstić information content (AvgIpc) is 2.87. The van der Waals surface area contributed by atoms with Crippen LogP contribution in [0.1, 0.15) is 22.8 Å². The van der Waals surface area contributed by atoms with Crippen LogP contribution in [-0.2, 0) is 34.2 Å². The maximum Gasteiger partial charge on any atom is 0.346 e. The molecule has 0 bridgehead atoms. The molecular weight excluding hydrogens is 623 g/mol. The minimum Gasteiger partial charge on any atom is -0.465 e. The van der Waals surface area contributed by atoms with E-state index in [9.17, 15) is 22.6 Å². The largest absolute Gasteiger partial charge is 0.465 e. The zero-order valence-corrected chi connectivity index (χ0v) is 25.9. The molecule has 1 N–H and O–H groups in total. The van der Waals surface area contributed by atoms with Crippen LogP contribution >= 0.6 is 54.1 Å². The molecule has 0 heterocycles. The summed E-state index contributed by atoms with van der Waals surface area (Å²) < 4.78 is 53.0. The number of carbonyl (C=O) groups is 2. The number of ether oxygens (including phenoxy) is 1. The average molecular weight is 657 g/mol. The molecule has 38 heavy (non-hydrogen) atoms. The molecular formula is C22H34Cl4N3O7PS. The van der Waals surface area contributed by atoms with E-state index in [1.54, 1.807) is 6.92 Å². The van der Waals surface area contributed by atoms with E-state index in [-0.39, 0.29) is 80.8 Å². The number of benzene rings is 1. The second-order valence-corrected chi connectivity index (χ2v) is 13.8. The maximum absolute atomic E-state index is 14.0. The van der Waals surface area contributed by atoms with Crippen molar-refractivity contribution in [1.29, 1.82) is 0 Å². The van der Waals surface area contributed by atoms with Gasteiger partial charge < -0.3 is 14.6 Å². The van der Waals surface area contributed by atoms with Crippen LogP contribution in [0.3, 0.4) is 0 Å². The van der Waals surface area contributed by atoms with Crippen LogP contribution in [0, 0.1) is 0 Å². The number of amides is 1. The molecule has 1 aromatic carbocycles. The van der Waals surface area contributed by atoms with Crippen LogP contribution in [0.15, 0.2) is 24.3 Å². The SMILES string of the molecule is CCOC(=O)CNC(=O)c1ccc(CS(=O)(=O)CCOP(=O)(N(CCCl)CCCl)N(CCCl)CCCl)cc1. The normalized spacial score (nSPS) is 12.2. The number of carbonyl (C=O) groups excluding carboxylic acids is 2. The molecule has 10 nitrogen and oxygen atoms in total. The van der Waals surface area contributed by atoms with Gasteiger partial charge in [-0.05, 0) is 24.6 Å². The number of nitrogens with zero attached hydrogens (tertiary/aromatic N) is 2. The van der Waals surface area contributed by atoms with Gasteiger partial charge in [-0.15, -0.1) is 46.4 Å². The van der Waals surface area contributed by atoms with Gasteiger partial charge in [-0.1, -0.05) is 12.1 Å². The van der Waals surface area contributed by atoms with E-state index in [1.165, 1.54) is 33.6 Å². The van der Waals surface area contributed by atoms with Crippen molar-refractivity contribution in [3.63, 3.8) is 0 Å². The fraction of sp³-hybridized carbons (Fsp3) is 0.636. The summed E-state index contributed by atoms with van der Waals surface area (Å²) in [5.41, 5.74) is 0.712. The Kier molecular flexibility index (Phi) is 17.4. The van der Waals surface area contributed by atoms with Gasteiger partial charge in [0, 0.05) is 55.3 Å². The summed E-state index contributed by atoms with van der Waals surface area (Å²) in [6, 6.07) is 5.94. The third-order valence-electron chi connectivity index (χ3n) is 5.04. The van der Waals surface area contributed by atoms with E-state index in [0.29, 0.717) is 5.56 Å². The minimum absolute atomic E-state index is 0.162. The number of hydrogen-bond acceptors (Lipinski definition) is 7. The number of esters is 1. The Morgan fingerprint density at radius 1 is 0.921 bits per heavy atom. The van der Waals surface area contributed by atoms with E-state index in [1.807, 2.05) is 0 Å². The van der Waals surface area contributed by atoms with Crippen LogP contribution in [0.5, 0.6) is 0 Å². The summed E-state index contributed by atoms with van der Waals surface area (Å²) in [4.78, 5) is 23.5. The fourth-order valence-electron chi connectivity index (χ4n) is 3.29. The highest BCUT2D eigenvalue weighted by Crippen LogP contribution is 2.54. The number of nitrogens with one attached hydrogen (secondary N) is 1. The first-order chi connectivity index (χ1) is 18.1. The lowest BCUT2D eigenvalue weighted by Gasteiger charge is -2.37. The van der Waals surface area contributed by atoms with Gasteiger partial charge in [-0.3, -0.25) is 14.2 Å². The topological polar surface area (TPSA) is 122 Å². The molecule has 0 atom stereocenters. The van der Waals surface area contributed by atoms with Crippen molar-refractivity contribution < 1.29 is 31.8 Å². The Labute approximate surface area is 244 Å². The Morgan fingerprint density at radius 3 is 1.87 bits per heavy atom. The van der Waals surface area contributed by atoms with Crippen LogP contribution in [0.2, 0.25) is 0 Å². The third-order valence-corrected chi connectivity index (χ3v) is 10.0. The highest BCUT2D eigenvalue weighted by Gasteiger charge is 2.38. The molecule has 0 saturated carbocycles. The molecule has 0 saturated heterocycles. The first kappa shape index (κ1) is 35.4. The molecule has 16 heteroatoms. The van der Waals surface area contributed by atoms with Crippen molar-refractivity contribution in [2.24, 2.45) is 0 Å². The summed E-state index contributed by atoms with van der Waals surface area (Å²) in [6.45, 7) is 2.09. The van der Waals surface area contributed by atoms with E-state index >= 15 is 0 Å². The van der Waals surface area contributed by atoms with Crippen LogP contribution in [0.25, 0.3) is 0 Å². The van der Waals surface area contributed by atoms with Crippen LogP contribution < -0.4 is 5.32 Å². The van der Waals surface area contributed by atoms with Gasteiger partial charge in [0.2, 0.25) is 0 Å². The summed E-state index contributed by atoms with van der Waals surface area (Å²) in [5, 5.41) is 2.43.